The fourth-order valence-electron chi connectivity index (χ4n) is 9.44. The Morgan fingerprint density at radius 3 is 1.24 bits per heavy atom. The fraction of sp³-hybridized carbons (Fsp3) is 0.771. The van der Waals surface area contributed by atoms with Gasteiger partial charge in [-0.25, -0.2) is 0 Å². The van der Waals surface area contributed by atoms with Gasteiger partial charge in [0.25, 0.3) is 7.82 Å². The van der Waals surface area contributed by atoms with Gasteiger partial charge in [0.1, 0.15) is 19.3 Å². The minimum absolute atomic E-state index is 0.0352. The van der Waals surface area contributed by atoms with Crippen molar-refractivity contribution in [2.75, 3.05) is 40.9 Å². The number of hydrogen-bond donors (Lipinski definition) is 1. The molecule has 0 aromatic heterocycles. The van der Waals surface area contributed by atoms with Crippen molar-refractivity contribution in [2.45, 2.75) is 309 Å². The molecular formula is C70H127N2O7P. The molecule has 10 heteroatoms. The number of carbonyl (C=O) groups excluding carboxylic acids is 2. The lowest BCUT2D eigenvalue weighted by Crippen LogP contribution is -2.47. The molecule has 0 saturated heterocycles. The van der Waals surface area contributed by atoms with E-state index in [0.717, 1.165) is 77.0 Å². The number of phosphoric acid groups is 1. The van der Waals surface area contributed by atoms with E-state index in [9.17, 15) is 19.0 Å². The summed E-state index contributed by atoms with van der Waals surface area (Å²) in [5.74, 6) is -0.604. The highest BCUT2D eigenvalue weighted by Crippen LogP contribution is 2.38. The van der Waals surface area contributed by atoms with E-state index >= 15 is 0 Å². The molecule has 0 heterocycles. The Hall–Kier alpha value is -2.81. The number of nitrogens with one attached hydrogen (secondary N) is 1. The number of phosphoric ester groups is 1. The molecule has 9 nitrogen and oxygen atoms in total. The molecule has 0 bridgehead atoms. The van der Waals surface area contributed by atoms with E-state index in [1.807, 2.05) is 33.3 Å². The molecule has 1 amide bonds. The van der Waals surface area contributed by atoms with Crippen molar-refractivity contribution in [1.29, 1.82) is 0 Å². The maximum atomic E-state index is 13.5. The Bertz CT molecular complexity index is 1640. The summed E-state index contributed by atoms with van der Waals surface area (Å²) in [4.78, 5) is 40.0. The number of ether oxygens (including phenoxy) is 1. The lowest BCUT2D eigenvalue weighted by molar-refractivity contribution is -0.870. The van der Waals surface area contributed by atoms with Crippen LogP contribution in [0.4, 0.5) is 0 Å². The summed E-state index contributed by atoms with van der Waals surface area (Å²) in [6.45, 7) is 6.70. The average molecular weight is 1140 g/mol. The van der Waals surface area contributed by atoms with Crippen LogP contribution in [0.5, 0.6) is 0 Å². The van der Waals surface area contributed by atoms with Crippen molar-refractivity contribution < 1.29 is 37.3 Å². The first-order chi connectivity index (χ1) is 38.9. The van der Waals surface area contributed by atoms with Gasteiger partial charge < -0.3 is 28.5 Å². The van der Waals surface area contributed by atoms with Crippen LogP contribution in [-0.2, 0) is 27.9 Å². The third kappa shape index (κ3) is 59.8. The van der Waals surface area contributed by atoms with Gasteiger partial charge in [0.05, 0.1) is 33.8 Å². The molecule has 0 fully saturated rings. The van der Waals surface area contributed by atoms with E-state index in [1.54, 1.807) is 0 Å². The number of likely N-dealkylation sites (N-methyl/N-ethyl adjacent to an activating group) is 1. The molecule has 0 aromatic rings. The normalized spacial score (nSPS) is 14.1. The number of esters is 1. The lowest BCUT2D eigenvalue weighted by Gasteiger charge is -2.30. The number of nitrogens with zero attached hydrogens (tertiary/aromatic N) is 1. The first-order valence-electron chi connectivity index (χ1n) is 33.4. The Morgan fingerprint density at radius 2 is 0.812 bits per heavy atom. The van der Waals surface area contributed by atoms with Gasteiger partial charge in [-0.1, -0.05) is 273 Å². The quantitative estimate of drug-likeness (QED) is 0.0212. The number of carbonyl (C=O) groups is 2. The number of rotatable bonds is 60. The first kappa shape index (κ1) is 77.2. The Balaban J connectivity index is 5.15. The Labute approximate surface area is 495 Å². The Kier molecular flexibility index (Phi) is 57.3. The highest BCUT2D eigenvalue weighted by molar-refractivity contribution is 7.45. The summed E-state index contributed by atoms with van der Waals surface area (Å²) in [6, 6.07) is -0.921. The number of hydrogen-bond acceptors (Lipinski definition) is 7. The van der Waals surface area contributed by atoms with E-state index in [2.05, 4.69) is 99.0 Å². The van der Waals surface area contributed by atoms with Gasteiger partial charge in [0.2, 0.25) is 5.91 Å². The van der Waals surface area contributed by atoms with Gasteiger partial charge in [-0.3, -0.25) is 14.2 Å². The van der Waals surface area contributed by atoms with Crippen LogP contribution in [0.25, 0.3) is 0 Å². The fourth-order valence-corrected chi connectivity index (χ4v) is 10.2. The summed E-state index contributed by atoms with van der Waals surface area (Å²) in [5.41, 5.74) is 0. The lowest BCUT2D eigenvalue weighted by atomic mass is 10.0. The second kappa shape index (κ2) is 59.4. The second-order valence-electron chi connectivity index (χ2n) is 23.6. The van der Waals surface area contributed by atoms with Crippen LogP contribution in [-0.4, -0.2) is 69.4 Å². The SMILES string of the molecule is CC/C=C\C/C=C\C/C=C\C/C=C\C/C=C\CCCC(=O)NC(COP(=O)([O-])OCC[N+](C)(C)C)C(/C=C\CCCCCCCCCCCC)OC(=O)CCCCCCCCCCCCCCCCC/C=C/CCCCCCCC. The van der Waals surface area contributed by atoms with Crippen molar-refractivity contribution in [1.82, 2.24) is 5.32 Å². The predicted molar refractivity (Wildman–Crippen MR) is 344 cm³/mol. The third-order valence-electron chi connectivity index (χ3n) is 14.6. The molecule has 0 aliphatic heterocycles. The van der Waals surface area contributed by atoms with E-state index < -0.39 is 26.6 Å². The van der Waals surface area contributed by atoms with E-state index in [0.29, 0.717) is 17.4 Å². The summed E-state index contributed by atoms with van der Waals surface area (Å²) >= 11 is 0. The van der Waals surface area contributed by atoms with Gasteiger partial charge in [-0.2, -0.15) is 0 Å². The Morgan fingerprint density at radius 1 is 0.450 bits per heavy atom. The zero-order chi connectivity index (χ0) is 58.6. The maximum absolute atomic E-state index is 13.5. The summed E-state index contributed by atoms with van der Waals surface area (Å²) in [7, 11) is 1.15. The molecule has 3 atom stereocenters. The third-order valence-corrected chi connectivity index (χ3v) is 15.5. The van der Waals surface area contributed by atoms with Gasteiger partial charge in [0, 0.05) is 12.8 Å². The first-order valence-corrected chi connectivity index (χ1v) is 34.9. The van der Waals surface area contributed by atoms with Crippen LogP contribution in [0.2, 0.25) is 0 Å². The summed E-state index contributed by atoms with van der Waals surface area (Å²) in [6.07, 6.45) is 78.6. The minimum atomic E-state index is -4.72. The highest BCUT2D eigenvalue weighted by atomic mass is 31.2. The zero-order valence-electron chi connectivity index (χ0n) is 53.0. The van der Waals surface area contributed by atoms with Crippen molar-refractivity contribution in [3.8, 4) is 0 Å². The largest absolute Gasteiger partial charge is 0.756 e. The molecule has 0 rings (SSSR count). The molecule has 80 heavy (non-hydrogen) atoms. The van der Waals surface area contributed by atoms with E-state index in [-0.39, 0.29) is 31.3 Å². The molecule has 464 valence electrons. The molecule has 0 aliphatic rings. The molecule has 1 N–H and O–H groups in total. The summed E-state index contributed by atoms with van der Waals surface area (Å²) in [5, 5.41) is 3.00. The molecular weight excluding hydrogens is 1010 g/mol. The molecule has 0 saturated carbocycles. The summed E-state index contributed by atoms with van der Waals surface area (Å²) < 4.78 is 30.3. The highest BCUT2D eigenvalue weighted by Gasteiger charge is 2.27. The zero-order valence-corrected chi connectivity index (χ0v) is 53.9. The number of allylic oxidation sites excluding steroid dienone is 13. The van der Waals surface area contributed by atoms with Gasteiger partial charge in [0.15, 0.2) is 0 Å². The van der Waals surface area contributed by atoms with Gasteiger partial charge in [-0.05, 0) is 96.0 Å². The van der Waals surface area contributed by atoms with Gasteiger partial charge in [-0.15, -0.1) is 0 Å². The molecule has 0 aromatic carbocycles. The van der Waals surface area contributed by atoms with Crippen LogP contribution in [0.1, 0.15) is 297 Å². The molecule has 0 radical (unpaired) electrons. The van der Waals surface area contributed by atoms with Crippen molar-refractivity contribution in [2.24, 2.45) is 0 Å². The maximum Gasteiger partial charge on any atom is 0.306 e. The van der Waals surface area contributed by atoms with E-state index in [4.69, 9.17) is 13.8 Å². The van der Waals surface area contributed by atoms with Crippen molar-refractivity contribution in [3.05, 3.63) is 85.1 Å². The minimum Gasteiger partial charge on any atom is -0.756 e. The van der Waals surface area contributed by atoms with Gasteiger partial charge >= 0.3 is 5.97 Å². The van der Waals surface area contributed by atoms with E-state index in [1.165, 1.54) is 180 Å². The van der Waals surface area contributed by atoms with Crippen molar-refractivity contribution in [3.63, 3.8) is 0 Å². The monoisotopic (exact) mass is 1140 g/mol. The smallest absolute Gasteiger partial charge is 0.306 e. The van der Waals surface area contributed by atoms with Crippen LogP contribution >= 0.6 is 7.82 Å². The van der Waals surface area contributed by atoms with Crippen LogP contribution in [0.3, 0.4) is 0 Å². The van der Waals surface area contributed by atoms with Crippen LogP contribution in [0, 0.1) is 0 Å². The second-order valence-corrected chi connectivity index (χ2v) is 25.0. The number of amides is 1. The number of quaternary nitrogens is 1. The van der Waals surface area contributed by atoms with Crippen molar-refractivity contribution >= 4 is 19.7 Å². The molecule has 0 spiro atoms. The topological polar surface area (TPSA) is 114 Å². The standard InChI is InChI=1S/C70H127N2O7P/c1-7-10-13-16-19-22-25-28-30-32-33-34-35-36-37-38-39-41-43-45-48-51-54-57-60-63-70(74)79-68(61-58-55-52-49-46-27-24-21-18-15-12-9-3)67(66-78-80(75,76)77-65-64-72(4,5)6)71-69(73)62-59-56-53-50-47-44-42-40-31-29-26-23-20-17-14-11-8-2/h11,14,20,23,28-31,42,44,50,53,58,61,67-68H,7-10,12-13,15-19,21-22,24-27,32-41,43,45-49,51-52,54-57,59-60,62-66H2,1-6H3,(H-,71,73,75,76)/b14-11-,23-20-,30-28+,31-29-,44-42-,53-50-,61-58-. The number of unbranched alkanes of at least 4 members (excludes halogenated alkanes) is 32. The molecule has 0 aliphatic carbocycles. The predicted octanol–water partition coefficient (Wildman–Crippen LogP) is 20.3. The van der Waals surface area contributed by atoms with Crippen LogP contribution in [0.15, 0.2) is 85.1 Å². The molecule has 3 unspecified atom stereocenters. The van der Waals surface area contributed by atoms with Crippen LogP contribution < -0.4 is 10.2 Å². The average Bonchev–Trinajstić information content (AvgIpc) is 3.42.